The monoisotopic (exact) mass is 333 g/mol. The highest BCUT2D eigenvalue weighted by Crippen LogP contribution is 2.48. The zero-order valence-corrected chi connectivity index (χ0v) is 13.9. The van der Waals surface area contributed by atoms with Crippen LogP contribution in [-0.2, 0) is 20.2 Å². The molecule has 0 spiro atoms. The van der Waals surface area contributed by atoms with Crippen LogP contribution in [0, 0.1) is 0 Å². The molecular formula is C12H24N5O4P. The van der Waals surface area contributed by atoms with Crippen LogP contribution in [0.4, 0.5) is 5.82 Å². The minimum atomic E-state index is -2.97. The number of hydrogen-bond acceptors (Lipinski definition) is 7. The van der Waals surface area contributed by atoms with Crippen LogP contribution in [-0.4, -0.2) is 40.3 Å². The van der Waals surface area contributed by atoms with Gasteiger partial charge in [0, 0.05) is 6.54 Å². The molecule has 0 aliphatic rings. The zero-order chi connectivity index (χ0) is 16.6. The molecule has 0 fully saturated rings. The maximum Gasteiger partial charge on any atom is 0.330 e. The highest BCUT2D eigenvalue weighted by molar-refractivity contribution is 7.53. The van der Waals surface area contributed by atoms with E-state index in [-0.39, 0.29) is 11.5 Å². The van der Waals surface area contributed by atoms with E-state index in [9.17, 15) is 9.36 Å². The molecule has 1 aromatic heterocycles. The molecule has 22 heavy (non-hydrogen) atoms. The molecule has 1 aromatic rings. The van der Waals surface area contributed by atoms with Gasteiger partial charge >= 0.3 is 7.60 Å². The van der Waals surface area contributed by atoms with E-state index in [4.69, 9.17) is 20.5 Å². The molecule has 1 rings (SSSR count). The first kappa shape index (κ1) is 18.6. The Hall–Kier alpha value is -1.44. The van der Waals surface area contributed by atoms with Crippen LogP contribution >= 0.6 is 7.60 Å². The molecule has 0 radical (unpaired) electrons. The molecule has 1 heterocycles. The zero-order valence-electron chi connectivity index (χ0n) is 13.0. The number of nitrogens with zero attached hydrogens (tertiary/aromatic N) is 3. The third-order valence-corrected chi connectivity index (χ3v) is 5.13. The van der Waals surface area contributed by atoms with Crippen molar-refractivity contribution in [2.45, 2.75) is 39.7 Å². The number of anilines is 1. The number of nitrogen functional groups attached to an aromatic ring is 1. The van der Waals surface area contributed by atoms with Gasteiger partial charge in [0.2, 0.25) is 0 Å². The van der Waals surface area contributed by atoms with E-state index in [1.165, 1.54) is 4.68 Å². The molecule has 0 saturated carbocycles. The van der Waals surface area contributed by atoms with E-state index < -0.39 is 13.5 Å². The number of amides is 1. The van der Waals surface area contributed by atoms with Gasteiger partial charge in [-0.15, -0.1) is 5.10 Å². The van der Waals surface area contributed by atoms with Crippen molar-refractivity contribution in [2.75, 3.05) is 25.1 Å². The van der Waals surface area contributed by atoms with Crippen molar-refractivity contribution < 1.29 is 18.4 Å². The van der Waals surface area contributed by atoms with Crippen molar-refractivity contribution in [3.63, 3.8) is 0 Å². The lowest BCUT2D eigenvalue weighted by Crippen LogP contribution is -2.14. The highest BCUT2D eigenvalue weighted by atomic mass is 31.2. The van der Waals surface area contributed by atoms with E-state index >= 15 is 0 Å². The summed E-state index contributed by atoms with van der Waals surface area (Å²) in [6, 6.07) is 0. The van der Waals surface area contributed by atoms with Crippen LogP contribution in [0.5, 0.6) is 0 Å². The Morgan fingerprint density at radius 2 is 1.86 bits per heavy atom. The van der Waals surface area contributed by atoms with Gasteiger partial charge in [-0.1, -0.05) is 11.6 Å². The fraction of sp³-hybridized carbons (Fsp3) is 0.750. The quantitative estimate of drug-likeness (QED) is 0.461. The fourth-order valence-electron chi connectivity index (χ4n) is 1.96. The van der Waals surface area contributed by atoms with Crippen molar-refractivity contribution in [1.29, 1.82) is 0 Å². The minimum Gasteiger partial charge on any atom is -0.382 e. The largest absolute Gasteiger partial charge is 0.382 e. The molecule has 0 atom stereocenters. The molecule has 0 saturated heterocycles. The number of nitrogens with two attached hydrogens (primary N) is 2. The Labute approximate surface area is 129 Å². The molecule has 9 nitrogen and oxygen atoms in total. The van der Waals surface area contributed by atoms with Gasteiger partial charge in [-0.25, -0.2) is 4.68 Å². The molecule has 10 heteroatoms. The summed E-state index contributed by atoms with van der Waals surface area (Å²) < 4.78 is 24.1. The second-order valence-corrected chi connectivity index (χ2v) is 6.83. The lowest BCUT2D eigenvalue weighted by Gasteiger charge is -2.16. The number of carbonyl (C=O) groups is 1. The Bertz CT molecular complexity index is 524. The molecule has 1 amide bonds. The van der Waals surface area contributed by atoms with Crippen molar-refractivity contribution >= 4 is 19.3 Å². The smallest absolute Gasteiger partial charge is 0.330 e. The Morgan fingerprint density at radius 1 is 1.23 bits per heavy atom. The minimum absolute atomic E-state index is 0.0165. The molecule has 4 N–H and O–H groups in total. The van der Waals surface area contributed by atoms with Crippen LogP contribution in [0.15, 0.2) is 0 Å². The van der Waals surface area contributed by atoms with Crippen LogP contribution in [0.2, 0.25) is 0 Å². The summed E-state index contributed by atoms with van der Waals surface area (Å²) >= 11 is 0. The van der Waals surface area contributed by atoms with Crippen LogP contribution in [0.3, 0.4) is 0 Å². The fourth-order valence-corrected chi connectivity index (χ4v) is 3.70. The van der Waals surface area contributed by atoms with Crippen LogP contribution in [0.1, 0.15) is 43.6 Å². The Balaban J connectivity index is 2.36. The van der Waals surface area contributed by atoms with Gasteiger partial charge in [-0.05, 0) is 26.7 Å². The van der Waals surface area contributed by atoms with Crippen LogP contribution in [0.25, 0.3) is 0 Å². The molecule has 126 valence electrons. The summed E-state index contributed by atoms with van der Waals surface area (Å²) in [6.45, 7) is 4.82. The first-order valence-electron chi connectivity index (χ1n) is 7.30. The highest BCUT2D eigenvalue weighted by Gasteiger charge is 2.22. The van der Waals surface area contributed by atoms with Gasteiger partial charge in [0.05, 0.1) is 19.4 Å². The normalized spacial score (nSPS) is 11.7. The summed E-state index contributed by atoms with van der Waals surface area (Å²) in [5.41, 5.74) is 10.8. The molecule has 0 aromatic carbocycles. The number of hydrogen-bond donors (Lipinski definition) is 2. The SMILES string of the molecule is CCOP(=O)(CCCCCn1nnc(C(N)=O)c1N)OCC. The number of unbranched alkanes of at least 4 members (excludes halogenated alkanes) is 2. The molecule has 0 aliphatic heterocycles. The van der Waals surface area contributed by atoms with Gasteiger partial charge in [0.25, 0.3) is 5.91 Å². The lowest BCUT2D eigenvalue weighted by atomic mass is 10.2. The second kappa shape index (κ2) is 8.87. The van der Waals surface area contributed by atoms with E-state index in [1.807, 2.05) is 0 Å². The van der Waals surface area contributed by atoms with E-state index in [0.29, 0.717) is 32.3 Å². The summed E-state index contributed by atoms with van der Waals surface area (Å²) in [5, 5.41) is 7.41. The third kappa shape index (κ3) is 5.40. The first-order valence-corrected chi connectivity index (χ1v) is 9.03. The molecule has 0 bridgehead atoms. The molecular weight excluding hydrogens is 309 g/mol. The average Bonchev–Trinajstić information content (AvgIpc) is 2.80. The second-order valence-electron chi connectivity index (χ2n) is 4.64. The number of primary amides is 1. The van der Waals surface area contributed by atoms with Crippen molar-refractivity contribution in [2.24, 2.45) is 5.73 Å². The van der Waals surface area contributed by atoms with Gasteiger partial charge in [-0.3, -0.25) is 9.36 Å². The molecule has 0 unspecified atom stereocenters. The number of rotatable bonds is 11. The number of carbonyl (C=O) groups excluding carboxylic acids is 1. The lowest BCUT2D eigenvalue weighted by molar-refractivity contribution is 0.0996. The van der Waals surface area contributed by atoms with E-state index in [2.05, 4.69) is 10.3 Å². The summed E-state index contributed by atoms with van der Waals surface area (Å²) in [7, 11) is -2.97. The van der Waals surface area contributed by atoms with Crippen molar-refractivity contribution in [1.82, 2.24) is 15.0 Å². The standard InChI is InChI=1S/C12H24N5O4P/c1-3-20-22(19,21-4-2)9-7-5-6-8-17-11(13)10(12(14)18)15-16-17/h3-9,13H2,1-2H3,(H2,14,18). The predicted octanol–water partition coefficient (Wildman–Crippen LogP) is 1.40. The maximum absolute atomic E-state index is 12.2. The summed E-state index contributed by atoms with van der Waals surface area (Å²) in [4.78, 5) is 11.0. The van der Waals surface area contributed by atoms with E-state index in [0.717, 1.165) is 12.8 Å². The summed E-state index contributed by atoms with van der Waals surface area (Å²) in [5.74, 6) is -0.528. The van der Waals surface area contributed by atoms with E-state index in [1.54, 1.807) is 13.8 Å². The van der Waals surface area contributed by atoms with Gasteiger partial charge in [-0.2, -0.15) is 0 Å². The van der Waals surface area contributed by atoms with Gasteiger partial charge in [0.15, 0.2) is 11.5 Å². The van der Waals surface area contributed by atoms with Crippen molar-refractivity contribution in [3.8, 4) is 0 Å². The Kier molecular flexibility index (Phi) is 7.50. The topological polar surface area (TPSA) is 135 Å². The van der Waals surface area contributed by atoms with Crippen LogP contribution < -0.4 is 11.5 Å². The first-order chi connectivity index (χ1) is 10.4. The number of aromatic nitrogens is 3. The number of aryl methyl sites for hydroxylation is 1. The van der Waals surface area contributed by atoms with Gasteiger partial charge < -0.3 is 20.5 Å². The van der Waals surface area contributed by atoms with Gasteiger partial charge in [0.1, 0.15) is 0 Å². The Morgan fingerprint density at radius 3 is 2.36 bits per heavy atom. The third-order valence-electron chi connectivity index (χ3n) is 2.96. The molecule has 0 aliphatic carbocycles. The van der Waals surface area contributed by atoms with Crippen molar-refractivity contribution in [3.05, 3.63) is 5.69 Å². The predicted molar refractivity (Wildman–Crippen MR) is 82.5 cm³/mol. The maximum atomic E-state index is 12.2. The summed E-state index contributed by atoms with van der Waals surface area (Å²) in [6.07, 6.45) is 2.64. The average molecular weight is 333 g/mol.